The van der Waals surface area contributed by atoms with Gasteiger partial charge in [0, 0.05) is 19.0 Å². The van der Waals surface area contributed by atoms with Crippen LogP contribution >= 0.6 is 0 Å². The molecule has 3 heteroatoms. The van der Waals surface area contributed by atoms with Crippen LogP contribution in [0.15, 0.2) is 0 Å². The summed E-state index contributed by atoms with van der Waals surface area (Å²) in [7, 11) is 0. The molecule has 3 nitrogen and oxygen atoms in total. The first-order chi connectivity index (χ1) is 4.29. The molecular weight excluding hydrogens is 116 g/mol. The van der Waals surface area contributed by atoms with Gasteiger partial charge < -0.3 is 5.73 Å². The van der Waals surface area contributed by atoms with Crippen LogP contribution in [0.5, 0.6) is 0 Å². The lowest BCUT2D eigenvalue weighted by molar-refractivity contribution is -0.118. The van der Waals surface area contributed by atoms with Gasteiger partial charge >= 0.3 is 0 Å². The minimum absolute atomic E-state index is 0.231. The number of primary amides is 1. The number of carbonyl (C=O) groups is 1. The van der Waals surface area contributed by atoms with E-state index in [2.05, 4.69) is 5.32 Å². The fourth-order valence-electron chi connectivity index (χ4n) is 1.09. The normalized spacial score (nSPS) is 26.4. The molecule has 1 unspecified atom stereocenters. The van der Waals surface area contributed by atoms with Crippen molar-refractivity contribution in [3.8, 4) is 0 Å². The molecule has 0 saturated carbocycles. The van der Waals surface area contributed by atoms with Gasteiger partial charge in [0.25, 0.3) is 0 Å². The summed E-state index contributed by atoms with van der Waals surface area (Å²) >= 11 is 0. The van der Waals surface area contributed by atoms with Crippen LogP contribution in [-0.4, -0.2) is 18.5 Å². The predicted molar refractivity (Wildman–Crippen MR) is 33.8 cm³/mol. The van der Waals surface area contributed by atoms with Gasteiger partial charge in [0.1, 0.15) is 0 Å². The fourth-order valence-corrected chi connectivity index (χ4v) is 1.09. The van der Waals surface area contributed by atoms with Gasteiger partial charge in [0.15, 0.2) is 0 Å². The van der Waals surface area contributed by atoms with Crippen LogP contribution in [0.25, 0.3) is 0 Å². The molecule has 0 spiro atoms. The van der Waals surface area contributed by atoms with Crippen molar-refractivity contribution in [2.24, 2.45) is 5.73 Å². The summed E-state index contributed by atoms with van der Waals surface area (Å²) in [6.07, 6.45) is 2.61. The predicted octanol–water partition coefficient (Wildman–Crippen LogP) is -0.371. The fraction of sp³-hybridized carbons (Fsp3) is 0.833. The molecule has 0 aliphatic carbocycles. The lowest BCUT2D eigenvalue weighted by Crippen LogP contribution is -2.23. The van der Waals surface area contributed by atoms with Crippen molar-refractivity contribution in [2.45, 2.75) is 25.3 Å². The number of amides is 1. The van der Waals surface area contributed by atoms with Crippen molar-refractivity contribution in [1.82, 2.24) is 5.32 Å². The second-order valence-electron chi connectivity index (χ2n) is 2.37. The molecule has 0 bridgehead atoms. The number of nitrogens with zero attached hydrogens (tertiary/aromatic N) is 1. The van der Waals surface area contributed by atoms with Gasteiger partial charge in [-0.1, -0.05) is 0 Å². The van der Waals surface area contributed by atoms with Gasteiger partial charge in [-0.2, -0.15) is 0 Å². The summed E-state index contributed by atoms with van der Waals surface area (Å²) in [6, 6.07) is 0.238. The average Bonchev–Trinajstić information content (AvgIpc) is 2.15. The van der Waals surface area contributed by atoms with Crippen LogP contribution < -0.4 is 11.1 Å². The Morgan fingerprint density at radius 1 is 1.78 bits per heavy atom. The number of rotatable bonds is 2. The standard InChI is InChI=1S/C6H11N2O/c7-6(9)4-5-2-1-3-8-5/h5H,1-4H2,(H2,7,9). The molecule has 1 aliphatic rings. The van der Waals surface area contributed by atoms with Gasteiger partial charge in [-0.05, 0) is 12.8 Å². The topological polar surface area (TPSA) is 57.2 Å². The van der Waals surface area contributed by atoms with Gasteiger partial charge in [0.05, 0.1) is 0 Å². The molecule has 1 heterocycles. The summed E-state index contributed by atoms with van der Waals surface area (Å²) in [5.74, 6) is -0.231. The van der Waals surface area contributed by atoms with Crippen molar-refractivity contribution in [2.75, 3.05) is 6.54 Å². The van der Waals surface area contributed by atoms with Gasteiger partial charge in [-0.25, -0.2) is 5.32 Å². The minimum atomic E-state index is -0.231. The van der Waals surface area contributed by atoms with Gasteiger partial charge in [-0.15, -0.1) is 0 Å². The highest BCUT2D eigenvalue weighted by molar-refractivity contribution is 5.74. The first-order valence-electron chi connectivity index (χ1n) is 3.24. The number of nitrogens with two attached hydrogens (primary N) is 1. The van der Waals surface area contributed by atoms with E-state index in [9.17, 15) is 4.79 Å². The summed E-state index contributed by atoms with van der Waals surface area (Å²) in [5, 5.41) is 4.18. The number of hydrogen-bond donors (Lipinski definition) is 1. The zero-order chi connectivity index (χ0) is 6.69. The Balaban J connectivity index is 2.19. The lowest BCUT2D eigenvalue weighted by atomic mass is 10.1. The van der Waals surface area contributed by atoms with E-state index in [0.29, 0.717) is 6.42 Å². The molecule has 9 heavy (non-hydrogen) atoms. The van der Waals surface area contributed by atoms with Crippen LogP contribution in [0.2, 0.25) is 0 Å². The van der Waals surface area contributed by atoms with E-state index in [0.717, 1.165) is 19.4 Å². The highest BCUT2D eigenvalue weighted by Crippen LogP contribution is 2.09. The largest absolute Gasteiger partial charge is 0.370 e. The molecule has 1 atom stereocenters. The van der Waals surface area contributed by atoms with E-state index in [1.807, 2.05) is 0 Å². The molecule has 0 aromatic heterocycles. The third-order valence-corrected chi connectivity index (χ3v) is 1.52. The zero-order valence-corrected chi connectivity index (χ0v) is 5.34. The van der Waals surface area contributed by atoms with Crippen LogP contribution in [0.1, 0.15) is 19.3 Å². The van der Waals surface area contributed by atoms with Crippen LogP contribution in [0.4, 0.5) is 0 Å². The first kappa shape index (κ1) is 6.55. The Kier molecular flexibility index (Phi) is 2.05. The third-order valence-electron chi connectivity index (χ3n) is 1.52. The summed E-state index contributed by atoms with van der Waals surface area (Å²) in [5.41, 5.74) is 4.97. The summed E-state index contributed by atoms with van der Waals surface area (Å²) < 4.78 is 0. The third kappa shape index (κ3) is 2.01. The average molecular weight is 127 g/mol. The molecule has 1 rings (SSSR count). The molecule has 51 valence electrons. The smallest absolute Gasteiger partial charge is 0.219 e. The van der Waals surface area contributed by atoms with E-state index in [1.165, 1.54) is 0 Å². The highest BCUT2D eigenvalue weighted by atomic mass is 16.1. The maximum Gasteiger partial charge on any atom is 0.219 e. The molecule has 0 aromatic rings. The monoisotopic (exact) mass is 127 g/mol. The lowest BCUT2D eigenvalue weighted by Gasteiger charge is -2.02. The molecule has 1 saturated heterocycles. The van der Waals surface area contributed by atoms with E-state index < -0.39 is 0 Å². The number of hydrogen-bond acceptors (Lipinski definition) is 1. The molecule has 0 aromatic carbocycles. The van der Waals surface area contributed by atoms with E-state index in [1.54, 1.807) is 0 Å². The van der Waals surface area contributed by atoms with Crippen molar-refractivity contribution in [3.05, 3.63) is 0 Å². The van der Waals surface area contributed by atoms with Gasteiger partial charge in [-0.3, -0.25) is 4.79 Å². The second-order valence-corrected chi connectivity index (χ2v) is 2.37. The second kappa shape index (κ2) is 2.82. The highest BCUT2D eigenvalue weighted by Gasteiger charge is 2.16. The van der Waals surface area contributed by atoms with Crippen molar-refractivity contribution in [1.29, 1.82) is 0 Å². The summed E-state index contributed by atoms with van der Waals surface area (Å²) in [4.78, 5) is 10.3. The van der Waals surface area contributed by atoms with Crippen molar-refractivity contribution < 1.29 is 4.79 Å². The van der Waals surface area contributed by atoms with Crippen molar-refractivity contribution in [3.63, 3.8) is 0 Å². The quantitative estimate of drug-likeness (QED) is 0.540. The molecule has 1 aliphatic heterocycles. The van der Waals surface area contributed by atoms with Gasteiger partial charge in [0.2, 0.25) is 5.91 Å². The molecule has 1 fully saturated rings. The molecular formula is C6H11N2O. The Bertz CT molecular complexity index is 108. The Hall–Kier alpha value is -0.570. The SMILES string of the molecule is NC(=O)CC1CCC[N]1. The van der Waals surface area contributed by atoms with E-state index in [4.69, 9.17) is 5.73 Å². The van der Waals surface area contributed by atoms with E-state index >= 15 is 0 Å². The first-order valence-corrected chi connectivity index (χ1v) is 3.24. The maximum absolute atomic E-state index is 10.3. The van der Waals surface area contributed by atoms with E-state index in [-0.39, 0.29) is 11.9 Å². The molecule has 1 amide bonds. The zero-order valence-electron chi connectivity index (χ0n) is 5.34. The summed E-state index contributed by atoms with van der Waals surface area (Å²) in [6.45, 7) is 0.915. The van der Waals surface area contributed by atoms with Crippen LogP contribution in [-0.2, 0) is 4.79 Å². The number of carbonyl (C=O) groups excluding carboxylic acids is 1. The minimum Gasteiger partial charge on any atom is -0.370 e. The molecule has 1 radical (unpaired) electrons. The Morgan fingerprint density at radius 3 is 3.00 bits per heavy atom. The molecule has 2 N–H and O–H groups in total. The maximum atomic E-state index is 10.3. The Morgan fingerprint density at radius 2 is 2.56 bits per heavy atom. The Labute approximate surface area is 54.6 Å². The van der Waals surface area contributed by atoms with Crippen LogP contribution in [0.3, 0.4) is 0 Å². The van der Waals surface area contributed by atoms with Crippen LogP contribution in [0, 0.1) is 0 Å². The van der Waals surface area contributed by atoms with Crippen molar-refractivity contribution >= 4 is 5.91 Å².